The van der Waals surface area contributed by atoms with E-state index in [-0.39, 0.29) is 17.5 Å². The van der Waals surface area contributed by atoms with Crippen LogP contribution in [0.25, 0.3) is 0 Å². The van der Waals surface area contributed by atoms with E-state index >= 15 is 0 Å². The van der Waals surface area contributed by atoms with Gasteiger partial charge in [-0.05, 0) is 54.1 Å². The van der Waals surface area contributed by atoms with Gasteiger partial charge in [0.1, 0.15) is 11.5 Å². The van der Waals surface area contributed by atoms with E-state index in [9.17, 15) is 8.42 Å². The Hall–Kier alpha value is -2.46. The van der Waals surface area contributed by atoms with Gasteiger partial charge in [0.2, 0.25) is 10.0 Å². The van der Waals surface area contributed by atoms with Crippen LogP contribution in [0.15, 0.2) is 83.8 Å². The molecular weight excluding hydrogens is 498 g/mol. The number of ether oxygens (including phenoxy) is 2. The Bertz CT molecular complexity index is 1180. The molecule has 1 fully saturated rings. The van der Waals surface area contributed by atoms with Gasteiger partial charge in [-0.25, -0.2) is 13.1 Å². The molecule has 0 aromatic heterocycles. The van der Waals surface area contributed by atoms with Crippen LogP contribution < -0.4 is 9.46 Å². The van der Waals surface area contributed by atoms with Gasteiger partial charge in [0, 0.05) is 57.4 Å². The second-order valence-corrected chi connectivity index (χ2v) is 10.9. The van der Waals surface area contributed by atoms with Gasteiger partial charge in [0.05, 0.1) is 11.5 Å². The number of methoxy groups -OCH3 is 1. The van der Waals surface area contributed by atoms with Crippen LogP contribution in [0.4, 0.5) is 0 Å². The predicted octanol–water partition coefficient (Wildman–Crippen LogP) is 4.42. The summed E-state index contributed by atoms with van der Waals surface area (Å²) in [5.74, 6) is 1.27. The topological polar surface area (TPSA) is 71.1 Å². The molecule has 1 atom stereocenters. The first-order chi connectivity index (χ1) is 17.4. The molecule has 0 radical (unpaired) electrons. The Kier molecular flexibility index (Phi) is 9.36. The summed E-state index contributed by atoms with van der Waals surface area (Å²) >= 11 is 6.11. The molecule has 7 nitrogen and oxygen atoms in total. The van der Waals surface area contributed by atoms with Gasteiger partial charge < -0.3 is 9.47 Å². The summed E-state index contributed by atoms with van der Waals surface area (Å²) < 4.78 is 40.1. The molecule has 0 aliphatic carbocycles. The standard InChI is InChI=1S/C27H32ClN3O4S/c1-34-20-19-30-15-17-31(18-16-30)27(22-7-9-23(28)10-8-22)21-29-36(32,33)26-13-11-25(12-14-26)35-24-5-3-2-4-6-24/h2-14,27,29H,15-21H2,1H3. The lowest BCUT2D eigenvalue weighted by atomic mass is 10.0. The third-order valence-electron chi connectivity index (χ3n) is 6.29. The van der Waals surface area contributed by atoms with Crippen LogP contribution in [0.5, 0.6) is 11.5 Å². The fourth-order valence-electron chi connectivity index (χ4n) is 4.25. The van der Waals surface area contributed by atoms with Crippen molar-refractivity contribution in [2.45, 2.75) is 10.9 Å². The number of nitrogens with one attached hydrogen (secondary N) is 1. The van der Waals surface area contributed by atoms with Crippen LogP contribution in [0.2, 0.25) is 5.02 Å². The average molecular weight is 530 g/mol. The molecule has 9 heteroatoms. The van der Waals surface area contributed by atoms with E-state index in [0.29, 0.717) is 23.1 Å². The van der Waals surface area contributed by atoms with Gasteiger partial charge in [-0.2, -0.15) is 0 Å². The average Bonchev–Trinajstić information content (AvgIpc) is 2.90. The fourth-order valence-corrected chi connectivity index (χ4v) is 5.41. The van der Waals surface area contributed by atoms with Crippen LogP contribution in [0.1, 0.15) is 11.6 Å². The van der Waals surface area contributed by atoms with Crippen molar-refractivity contribution in [3.8, 4) is 11.5 Å². The van der Waals surface area contributed by atoms with Crippen LogP contribution in [-0.4, -0.2) is 71.2 Å². The lowest BCUT2D eigenvalue weighted by Crippen LogP contribution is -2.50. The van der Waals surface area contributed by atoms with E-state index in [2.05, 4.69) is 14.5 Å². The van der Waals surface area contributed by atoms with E-state index in [4.69, 9.17) is 21.1 Å². The van der Waals surface area contributed by atoms with Crippen LogP contribution in [-0.2, 0) is 14.8 Å². The largest absolute Gasteiger partial charge is 0.457 e. The molecule has 3 aromatic carbocycles. The second kappa shape index (κ2) is 12.7. The molecule has 192 valence electrons. The molecule has 1 unspecified atom stereocenters. The second-order valence-electron chi connectivity index (χ2n) is 8.68. The molecule has 0 amide bonds. The molecule has 0 bridgehead atoms. The molecular formula is C27H32ClN3O4S. The number of para-hydroxylation sites is 1. The van der Waals surface area contributed by atoms with Gasteiger partial charge in [-0.3, -0.25) is 9.80 Å². The van der Waals surface area contributed by atoms with Crippen LogP contribution in [0.3, 0.4) is 0 Å². The minimum atomic E-state index is -3.71. The van der Waals surface area contributed by atoms with Crippen molar-refractivity contribution in [1.82, 2.24) is 14.5 Å². The van der Waals surface area contributed by atoms with E-state index in [1.165, 1.54) is 0 Å². The monoisotopic (exact) mass is 529 g/mol. The van der Waals surface area contributed by atoms with Crippen molar-refractivity contribution in [2.24, 2.45) is 0 Å². The third kappa shape index (κ3) is 7.29. The zero-order valence-electron chi connectivity index (χ0n) is 20.3. The highest BCUT2D eigenvalue weighted by molar-refractivity contribution is 7.89. The van der Waals surface area contributed by atoms with Gasteiger partial charge >= 0.3 is 0 Å². The Labute approximate surface area is 218 Å². The van der Waals surface area contributed by atoms with Crippen molar-refractivity contribution in [3.05, 3.63) is 89.4 Å². The van der Waals surface area contributed by atoms with Gasteiger partial charge in [0.25, 0.3) is 0 Å². The van der Waals surface area contributed by atoms with E-state index in [1.54, 1.807) is 31.4 Å². The van der Waals surface area contributed by atoms with Crippen molar-refractivity contribution >= 4 is 21.6 Å². The molecule has 1 aliphatic heterocycles. The number of sulfonamides is 1. The molecule has 1 aliphatic rings. The first kappa shape index (κ1) is 26.6. The number of benzene rings is 3. The zero-order chi connectivity index (χ0) is 25.4. The molecule has 1 N–H and O–H groups in total. The van der Waals surface area contributed by atoms with Crippen LogP contribution in [0, 0.1) is 0 Å². The van der Waals surface area contributed by atoms with Gasteiger partial charge in [-0.15, -0.1) is 0 Å². The molecule has 36 heavy (non-hydrogen) atoms. The maximum absolute atomic E-state index is 13.1. The number of hydrogen-bond donors (Lipinski definition) is 1. The van der Waals surface area contributed by atoms with Crippen molar-refractivity contribution in [3.63, 3.8) is 0 Å². The number of nitrogens with zero attached hydrogens (tertiary/aromatic N) is 2. The van der Waals surface area contributed by atoms with Gasteiger partial charge in [0.15, 0.2) is 0 Å². The van der Waals surface area contributed by atoms with Crippen molar-refractivity contribution in [2.75, 3.05) is 53.0 Å². The molecule has 3 aromatic rings. The quantitative estimate of drug-likeness (QED) is 0.396. The van der Waals surface area contributed by atoms with E-state index < -0.39 is 10.0 Å². The van der Waals surface area contributed by atoms with E-state index in [1.807, 2.05) is 54.6 Å². The Morgan fingerprint density at radius 2 is 1.53 bits per heavy atom. The Morgan fingerprint density at radius 1 is 0.889 bits per heavy atom. The minimum Gasteiger partial charge on any atom is -0.457 e. The first-order valence-electron chi connectivity index (χ1n) is 12.0. The number of rotatable bonds is 11. The Balaban J connectivity index is 1.43. The maximum Gasteiger partial charge on any atom is 0.240 e. The highest BCUT2D eigenvalue weighted by Crippen LogP contribution is 2.25. The fraction of sp³-hybridized carbons (Fsp3) is 0.333. The molecule has 1 saturated heterocycles. The molecule has 4 rings (SSSR count). The van der Waals surface area contributed by atoms with Crippen molar-refractivity contribution in [1.29, 1.82) is 0 Å². The summed E-state index contributed by atoms with van der Waals surface area (Å²) in [5.41, 5.74) is 1.03. The summed E-state index contributed by atoms with van der Waals surface area (Å²) in [6.07, 6.45) is 0. The summed E-state index contributed by atoms with van der Waals surface area (Å²) in [4.78, 5) is 4.88. The highest BCUT2D eigenvalue weighted by atomic mass is 35.5. The van der Waals surface area contributed by atoms with Crippen molar-refractivity contribution < 1.29 is 17.9 Å². The lowest BCUT2D eigenvalue weighted by molar-refractivity contribution is 0.0752. The number of halogens is 1. The number of hydrogen-bond acceptors (Lipinski definition) is 6. The highest BCUT2D eigenvalue weighted by Gasteiger charge is 2.27. The minimum absolute atomic E-state index is 0.109. The summed E-state index contributed by atoms with van der Waals surface area (Å²) in [6.45, 7) is 5.34. The molecule has 1 heterocycles. The summed E-state index contributed by atoms with van der Waals surface area (Å²) in [6, 6.07) is 23.3. The molecule has 0 spiro atoms. The van der Waals surface area contributed by atoms with Crippen LogP contribution >= 0.6 is 11.6 Å². The maximum atomic E-state index is 13.1. The first-order valence-corrected chi connectivity index (χ1v) is 13.8. The summed E-state index contributed by atoms with van der Waals surface area (Å²) in [7, 11) is -2.00. The normalized spacial score (nSPS) is 16.1. The predicted molar refractivity (Wildman–Crippen MR) is 142 cm³/mol. The number of piperazine rings is 1. The zero-order valence-corrected chi connectivity index (χ0v) is 21.9. The molecule has 0 saturated carbocycles. The van der Waals surface area contributed by atoms with E-state index in [0.717, 1.165) is 38.3 Å². The van der Waals surface area contributed by atoms with Gasteiger partial charge in [-0.1, -0.05) is 41.9 Å². The smallest absolute Gasteiger partial charge is 0.240 e. The lowest BCUT2D eigenvalue weighted by Gasteiger charge is -2.39. The Morgan fingerprint density at radius 3 is 2.17 bits per heavy atom. The SMILES string of the molecule is COCCN1CCN(C(CNS(=O)(=O)c2ccc(Oc3ccccc3)cc2)c2ccc(Cl)cc2)CC1. The third-order valence-corrected chi connectivity index (χ3v) is 7.99. The summed E-state index contributed by atoms with van der Waals surface area (Å²) in [5, 5.41) is 0.653.